The Bertz CT molecular complexity index is 697. The number of hydrogen-bond donors (Lipinski definition) is 1. The lowest BCUT2D eigenvalue weighted by molar-refractivity contribution is 0.290. The predicted molar refractivity (Wildman–Crippen MR) is 85.3 cm³/mol. The molecule has 1 aromatic carbocycles. The van der Waals surface area contributed by atoms with Gasteiger partial charge in [-0.1, -0.05) is 20.8 Å². The highest BCUT2D eigenvalue weighted by Gasteiger charge is 2.22. The Kier molecular flexibility index (Phi) is 4.85. The van der Waals surface area contributed by atoms with Crippen molar-refractivity contribution in [2.45, 2.75) is 52.5 Å². The molecule has 0 saturated heterocycles. The van der Waals surface area contributed by atoms with Crippen molar-refractivity contribution in [2.24, 2.45) is 5.92 Å². The second kappa shape index (κ2) is 6.62. The zero-order valence-electron chi connectivity index (χ0n) is 13.0. The molecule has 2 aromatic rings. The molecular weight excluding hydrogens is 262 g/mol. The maximum absolute atomic E-state index is 12.1. The van der Waals surface area contributed by atoms with E-state index in [9.17, 15) is 4.79 Å². The van der Waals surface area contributed by atoms with Crippen molar-refractivity contribution >= 4 is 11.0 Å². The van der Waals surface area contributed by atoms with E-state index in [1.807, 2.05) is 24.5 Å². The minimum absolute atomic E-state index is 0.0513. The lowest BCUT2D eigenvalue weighted by Crippen LogP contribution is -2.25. The summed E-state index contributed by atoms with van der Waals surface area (Å²) in [4.78, 5) is 15.0. The van der Waals surface area contributed by atoms with Crippen LogP contribution in [0.4, 0.5) is 0 Å². The summed E-state index contributed by atoms with van der Waals surface area (Å²) < 4.78 is 1.88. The molecule has 1 aliphatic carbocycles. The Morgan fingerprint density at radius 2 is 1.90 bits per heavy atom. The van der Waals surface area contributed by atoms with Crippen LogP contribution in [0.2, 0.25) is 0 Å². The Hall–Kier alpha value is -2.02. The fraction of sp³-hybridized carbons (Fsp3) is 0.529. The molecule has 0 aliphatic heterocycles. The monoisotopic (exact) mass is 285 g/mol. The number of nitrogens with zero attached hydrogens (tertiary/aromatic N) is 2. The Balaban J connectivity index is 0.000000774. The van der Waals surface area contributed by atoms with Gasteiger partial charge in [0, 0.05) is 6.04 Å². The third-order valence-electron chi connectivity index (χ3n) is 4.20. The number of nitriles is 1. The molecule has 0 bridgehead atoms. The molecule has 0 atom stereocenters. The van der Waals surface area contributed by atoms with Crippen LogP contribution in [0.1, 0.15) is 58.1 Å². The number of imidazole rings is 1. The van der Waals surface area contributed by atoms with E-state index in [4.69, 9.17) is 5.26 Å². The van der Waals surface area contributed by atoms with Gasteiger partial charge in [0.25, 0.3) is 0 Å². The number of benzene rings is 1. The zero-order chi connectivity index (χ0) is 15.4. The smallest absolute Gasteiger partial charge is 0.305 e. The Morgan fingerprint density at radius 3 is 2.52 bits per heavy atom. The zero-order valence-corrected chi connectivity index (χ0v) is 13.0. The lowest BCUT2D eigenvalue weighted by Gasteiger charge is -2.27. The van der Waals surface area contributed by atoms with Crippen LogP contribution in [0, 0.1) is 17.2 Å². The SMILES string of the molecule is CC.CC1CCC(n2c(=O)[nH]c3cc(C#N)ccc32)CC1. The predicted octanol–water partition coefficient (Wildman–Crippen LogP) is 3.98. The maximum Gasteiger partial charge on any atom is 0.326 e. The maximum atomic E-state index is 12.1. The summed E-state index contributed by atoms with van der Waals surface area (Å²) in [6.07, 6.45) is 4.49. The van der Waals surface area contributed by atoms with E-state index in [-0.39, 0.29) is 5.69 Å². The van der Waals surface area contributed by atoms with Crippen LogP contribution in [0.5, 0.6) is 0 Å². The summed E-state index contributed by atoms with van der Waals surface area (Å²) in [6.45, 7) is 6.27. The molecule has 4 heteroatoms. The first-order valence-corrected chi connectivity index (χ1v) is 7.83. The average molecular weight is 285 g/mol. The fourth-order valence-electron chi connectivity index (χ4n) is 3.06. The van der Waals surface area contributed by atoms with Gasteiger partial charge in [0.15, 0.2) is 0 Å². The molecule has 1 N–H and O–H groups in total. The largest absolute Gasteiger partial charge is 0.326 e. The summed E-state index contributed by atoms with van der Waals surface area (Å²) in [7, 11) is 0. The van der Waals surface area contributed by atoms with Gasteiger partial charge in [0.2, 0.25) is 0 Å². The molecule has 112 valence electrons. The standard InChI is InChI=1S/C15H17N3O.C2H6/c1-10-2-5-12(6-3-10)18-14-7-4-11(9-16)8-13(14)17-15(18)19;1-2/h4,7-8,10,12H,2-3,5-6H2,1H3,(H,17,19);1-2H3. The van der Waals surface area contributed by atoms with Crippen LogP contribution in [0.25, 0.3) is 11.0 Å². The minimum atomic E-state index is -0.0513. The number of H-pyrrole nitrogens is 1. The van der Waals surface area contributed by atoms with Gasteiger partial charge in [-0.3, -0.25) is 4.57 Å². The molecule has 1 fully saturated rings. The van der Waals surface area contributed by atoms with Crippen molar-refractivity contribution in [3.63, 3.8) is 0 Å². The highest BCUT2D eigenvalue weighted by molar-refractivity contribution is 5.77. The van der Waals surface area contributed by atoms with Crippen molar-refractivity contribution in [2.75, 3.05) is 0 Å². The Morgan fingerprint density at radius 1 is 1.24 bits per heavy atom. The summed E-state index contributed by atoms with van der Waals surface area (Å²) in [6, 6.07) is 7.80. The van der Waals surface area contributed by atoms with Gasteiger partial charge in [0.05, 0.1) is 22.7 Å². The van der Waals surface area contributed by atoms with Gasteiger partial charge in [-0.15, -0.1) is 0 Å². The van der Waals surface area contributed by atoms with Gasteiger partial charge in [0.1, 0.15) is 0 Å². The van der Waals surface area contributed by atoms with Crippen LogP contribution in [-0.4, -0.2) is 9.55 Å². The molecule has 3 rings (SSSR count). The van der Waals surface area contributed by atoms with Crippen LogP contribution in [0.15, 0.2) is 23.0 Å². The van der Waals surface area contributed by atoms with Crippen LogP contribution < -0.4 is 5.69 Å². The van der Waals surface area contributed by atoms with Gasteiger partial charge in [-0.05, 0) is 49.8 Å². The third-order valence-corrected chi connectivity index (χ3v) is 4.20. The van der Waals surface area contributed by atoms with Crippen molar-refractivity contribution in [3.8, 4) is 6.07 Å². The molecule has 0 unspecified atom stereocenters. The van der Waals surface area contributed by atoms with Crippen molar-refractivity contribution < 1.29 is 0 Å². The van der Waals surface area contributed by atoms with E-state index in [0.717, 1.165) is 29.8 Å². The molecule has 1 heterocycles. The third kappa shape index (κ3) is 3.02. The molecule has 1 aromatic heterocycles. The van der Waals surface area contributed by atoms with Gasteiger partial charge < -0.3 is 4.98 Å². The van der Waals surface area contributed by atoms with E-state index >= 15 is 0 Å². The molecule has 21 heavy (non-hydrogen) atoms. The average Bonchev–Trinajstić information content (AvgIpc) is 2.85. The summed E-state index contributed by atoms with van der Waals surface area (Å²) in [5.41, 5.74) is 2.22. The molecule has 4 nitrogen and oxygen atoms in total. The van der Waals surface area contributed by atoms with Gasteiger partial charge in [-0.25, -0.2) is 4.79 Å². The molecule has 0 amide bonds. The quantitative estimate of drug-likeness (QED) is 0.861. The number of aromatic nitrogens is 2. The van der Waals surface area contributed by atoms with E-state index < -0.39 is 0 Å². The second-order valence-corrected chi connectivity index (χ2v) is 5.56. The number of fused-ring (bicyclic) bond motifs is 1. The number of rotatable bonds is 1. The van der Waals surface area contributed by atoms with Gasteiger partial charge >= 0.3 is 5.69 Å². The van der Waals surface area contributed by atoms with E-state index in [0.29, 0.717) is 11.6 Å². The van der Waals surface area contributed by atoms with Crippen LogP contribution in [0.3, 0.4) is 0 Å². The normalized spacial score (nSPS) is 21.4. The first-order chi connectivity index (χ1) is 10.2. The molecular formula is C17H23N3O. The first kappa shape index (κ1) is 15.4. The van der Waals surface area contributed by atoms with Gasteiger partial charge in [-0.2, -0.15) is 5.26 Å². The minimum Gasteiger partial charge on any atom is -0.305 e. The van der Waals surface area contributed by atoms with Crippen molar-refractivity contribution in [1.82, 2.24) is 9.55 Å². The topological polar surface area (TPSA) is 61.6 Å². The lowest BCUT2D eigenvalue weighted by atomic mass is 9.87. The molecule has 0 radical (unpaired) electrons. The molecule has 1 saturated carbocycles. The van der Waals surface area contributed by atoms with E-state index in [1.54, 1.807) is 12.1 Å². The highest BCUT2D eigenvalue weighted by Crippen LogP contribution is 2.32. The number of nitrogens with one attached hydrogen (secondary N) is 1. The summed E-state index contributed by atoms with van der Waals surface area (Å²) in [5, 5.41) is 8.90. The molecule has 1 aliphatic rings. The Labute approximate surface area is 125 Å². The highest BCUT2D eigenvalue weighted by atomic mass is 16.1. The van der Waals surface area contributed by atoms with Crippen LogP contribution >= 0.6 is 0 Å². The summed E-state index contributed by atoms with van der Waals surface area (Å²) >= 11 is 0. The first-order valence-electron chi connectivity index (χ1n) is 7.83. The number of hydrogen-bond acceptors (Lipinski definition) is 2. The number of aromatic amines is 1. The second-order valence-electron chi connectivity index (χ2n) is 5.56. The fourth-order valence-corrected chi connectivity index (χ4v) is 3.06. The van der Waals surface area contributed by atoms with Crippen molar-refractivity contribution in [1.29, 1.82) is 5.26 Å². The molecule has 0 spiro atoms. The van der Waals surface area contributed by atoms with E-state index in [2.05, 4.69) is 18.0 Å². The van der Waals surface area contributed by atoms with E-state index in [1.165, 1.54) is 12.8 Å². The van der Waals surface area contributed by atoms with Crippen molar-refractivity contribution in [3.05, 3.63) is 34.2 Å². The van der Waals surface area contributed by atoms with Crippen LogP contribution in [-0.2, 0) is 0 Å². The summed E-state index contributed by atoms with van der Waals surface area (Å²) in [5.74, 6) is 0.766.